The molecule has 1 aliphatic rings. The van der Waals surface area contributed by atoms with Crippen LogP contribution in [0.4, 0.5) is 0 Å². The van der Waals surface area contributed by atoms with Gasteiger partial charge in [-0.2, -0.15) is 0 Å². The molecule has 0 unspecified atom stereocenters. The van der Waals surface area contributed by atoms with E-state index in [1.807, 2.05) is 36.9 Å². The lowest BCUT2D eigenvalue weighted by atomic mass is 10.1. The van der Waals surface area contributed by atoms with Crippen molar-refractivity contribution in [3.8, 4) is 5.75 Å². The molecule has 1 aromatic carbocycles. The quantitative estimate of drug-likeness (QED) is 0.834. The second kappa shape index (κ2) is 7.70. The Hall–Kier alpha value is -2.34. The standard InChI is InChI=1S/C19H24N2O4/c1-4-15-11-21(9-10-23-15)19(22)16-7-5-6-8-18(16)24-12-17-13(2)20-25-14(17)3/h5-8,15H,4,9-12H2,1-3H3/t15-/m0/s1. The molecule has 3 rings (SSSR count). The predicted octanol–water partition coefficient (Wildman–Crippen LogP) is 3.12. The fourth-order valence-electron chi connectivity index (χ4n) is 2.95. The minimum absolute atomic E-state index is 0.0175. The first-order chi connectivity index (χ1) is 12.1. The lowest BCUT2D eigenvalue weighted by Gasteiger charge is -2.32. The number of morpholine rings is 1. The predicted molar refractivity (Wildman–Crippen MR) is 92.7 cm³/mol. The Kier molecular flexibility index (Phi) is 5.38. The summed E-state index contributed by atoms with van der Waals surface area (Å²) in [5.41, 5.74) is 2.30. The van der Waals surface area contributed by atoms with Crippen molar-refractivity contribution in [2.75, 3.05) is 19.7 Å². The molecule has 0 N–H and O–H groups in total. The molecule has 1 amide bonds. The molecule has 6 nitrogen and oxygen atoms in total. The molecule has 1 saturated heterocycles. The van der Waals surface area contributed by atoms with E-state index in [9.17, 15) is 4.79 Å². The van der Waals surface area contributed by atoms with Crippen molar-refractivity contribution in [2.24, 2.45) is 0 Å². The summed E-state index contributed by atoms with van der Waals surface area (Å²) in [4.78, 5) is 14.8. The minimum Gasteiger partial charge on any atom is -0.488 e. The number of rotatable bonds is 5. The van der Waals surface area contributed by atoms with Crippen LogP contribution in [0.3, 0.4) is 0 Å². The maximum Gasteiger partial charge on any atom is 0.257 e. The third kappa shape index (κ3) is 3.85. The highest BCUT2D eigenvalue weighted by atomic mass is 16.5. The van der Waals surface area contributed by atoms with E-state index < -0.39 is 0 Å². The maximum absolute atomic E-state index is 12.9. The number of nitrogens with zero attached hydrogens (tertiary/aromatic N) is 2. The van der Waals surface area contributed by atoms with Gasteiger partial charge in [0.2, 0.25) is 0 Å². The second-order valence-corrected chi connectivity index (χ2v) is 6.24. The molecular weight excluding hydrogens is 320 g/mol. The number of hydrogen-bond acceptors (Lipinski definition) is 5. The molecule has 6 heteroatoms. The first-order valence-electron chi connectivity index (χ1n) is 8.64. The average Bonchev–Trinajstić information content (AvgIpc) is 2.97. The molecule has 1 atom stereocenters. The molecule has 0 saturated carbocycles. The van der Waals surface area contributed by atoms with Crippen molar-refractivity contribution in [1.29, 1.82) is 0 Å². The number of aryl methyl sites for hydroxylation is 2. The lowest BCUT2D eigenvalue weighted by Crippen LogP contribution is -2.45. The zero-order chi connectivity index (χ0) is 17.8. The first kappa shape index (κ1) is 17.5. The molecule has 1 aliphatic heterocycles. The van der Waals surface area contributed by atoms with Crippen LogP contribution in [0.15, 0.2) is 28.8 Å². The number of ether oxygens (including phenoxy) is 2. The number of carbonyl (C=O) groups excluding carboxylic acids is 1. The molecule has 0 aliphatic carbocycles. The number of aromatic nitrogens is 1. The highest BCUT2D eigenvalue weighted by Gasteiger charge is 2.26. The van der Waals surface area contributed by atoms with Gasteiger partial charge in [-0.15, -0.1) is 0 Å². The summed E-state index contributed by atoms with van der Waals surface area (Å²) in [5.74, 6) is 1.29. The molecule has 1 aromatic heterocycles. The highest BCUT2D eigenvalue weighted by molar-refractivity contribution is 5.97. The Balaban J connectivity index is 1.75. The molecule has 1 fully saturated rings. The van der Waals surface area contributed by atoms with Gasteiger partial charge in [0.25, 0.3) is 5.91 Å². The van der Waals surface area contributed by atoms with E-state index in [-0.39, 0.29) is 12.0 Å². The normalized spacial score (nSPS) is 17.6. The van der Waals surface area contributed by atoms with Crippen molar-refractivity contribution in [3.63, 3.8) is 0 Å². The van der Waals surface area contributed by atoms with Crippen LogP contribution in [0.1, 0.15) is 40.7 Å². The van der Waals surface area contributed by atoms with Gasteiger partial charge in [-0.3, -0.25) is 4.79 Å². The number of para-hydroxylation sites is 1. The lowest BCUT2D eigenvalue weighted by molar-refractivity contribution is -0.0227. The van der Waals surface area contributed by atoms with Crippen molar-refractivity contribution >= 4 is 5.91 Å². The fraction of sp³-hybridized carbons (Fsp3) is 0.474. The number of amides is 1. The van der Waals surface area contributed by atoms with Crippen LogP contribution in [-0.4, -0.2) is 41.8 Å². The highest BCUT2D eigenvalue weighted by Crippen LogP contribution is 2.24. The van der Waals surface area contributed by atoms with Crippen LogP contribution >= 0.6 is 0 Å². The van der Waals surface area contributed by atoms with Crippen molar-refractivity contribution < 1.29 is 18.8 Å². The Morgan fingerprint density at radius 2 is 2.16 bits per heavy atom. The van der Waals surface area contributed by atoms with Gasteiger partial charge in [0.15, 0.2) is 0 Å². The van der Waals surface area contributed by atoms with Gasteiger partial charge in [-0.1, -0.05) is 24.2 Å². The molecule has 25 heavy (non-hydrogen) atoms. The van der Waals surface area contributed by atoms with Gasteiger partial charge in [-0.05, 0) is 32.4 Å². The molecule has 0 radical (unpaired) electrons. The summed E-state index contributed by atoms with van der Waals surface area (Å²) in [5, 5.41) is 3.93. The van der Waals surface area contributed by atoms with E-state index in [0.29, 0.717) is 37.6 Å². The van der Waals surface area contributed by atoms with Crippen molar-refractivity contribution in [2.45, 2.75) is 39.9 Å². The summed E-state index contributed by atoms with van der Waals surface area (Å²) < 4.78 is 16.7. The maximum atomic E-state index is 12.9. The van der Waals surface area contributed by atoms with E-state index in [4.69, 9.17) is 14.0 Å². The molecule has 2 aromatic rings. The average molecular weight is 344 g/mol. The van der Waals surface area contributed by atoms with E-state index in [2.05, 4.69) is 12.1 Å². The third-order valence-electron chi connectivity index (χ3n) is 4.55. The van der Waals surface area contributed by atoms with Crippen molar-refractivity contribution in [1.82, 2.24) is 10.1 Å². The van der Waals surface area contributed by atoms with Crippen LogP contribution in [0, 0.1) is 13.8 Å². The zero-order valence-electron chi connectivity index (χ0n) is 14.9. The van der Waals surface area contributed by atoms with E-state index in [0.717, 1.165) is 23.4 Å². The van der Waals surface area contributed by atoms with Crippen molar-refractivity contribution in [3.05, 3.63) is 46.8 Å². The largest absolute Gasteiger partial charge is 0.488 e. The van der Waals surface area contributed by atoms with E-state index in [1.165, 1.54) is 0 Å². The van der Waals surface area contributed by atoms with Gasteiger partial charge in [0, 0.05) is 13.1 Å². The first-order valence-corrected chi connectivity index (χ1v) is 8.64. The monoisotopic (exact) mass is 344 g/mol. The van der Waals surface area contributed by atoms with Crippen LogP contribution in [0.25, 0.3) is 0 Å². The summed E-state index contributed by atoms with van der Waals surface area (Å²) in [7, 11) is 0. The number of hydrogen-bond donors (Lipinski definition) is 0. The van der Waals surface area contributed by atoms with Gasteiger partial charge >= 0.3 is 0 Å². The second-order valence-electron chi connectivity index (χ2n) is 6.24. The Bertz CT molecular complexity index is 721. The molecule has 0 bridgehead atoms. The summed E-state index contributed by atoms with van der Waals surface area (Å²) in [6.45, 7) is 7.93. The van der Waals surface area contributed by atoms with Gasteiger partial charge < -0.3 is 18.9 Å². The topological polar surface area (TPSA) is 64.8 Å². The van der Waals surface area contributed by atoms with Crippen LogP contribution in [-0.2, 0) is 11.3 Å². The van der Waals surface area contributed by atoms with Crippen LogP contribution < -0.4 is 4.74 Å². The summed E-state index contributed by atoms with van der Waals surface area (Å²) in [6, 6.07) is 7.35. The zero-order valence-corrected chi connectivity index (χ0v) is 14.9. The fourth-order valence-corrected chi connectivity index (χ4v) is 2.95. The Labute approximate surface area is 147 Å². The summed E-state index contributed by atoms with van der Waals surface area (Å²) >= 11 is 0. The van der Waals surface area contributed by atoms with Gasteiger partial charge in [0.1, 0.15) is 18.1 Å². The molecule has 134 valence electrons. The smallest absolute Gasteiger partial charge is 0.257 e. The number of carbonyl (C=O) groups is 1. The van der Waals surface area contributed by atoms with Crippen LogP contribution in [0.5, 0.6) is 5.75 Å². The van der Waals surface area contributed by atoms with Gasteiger partial charge in [0.05, 0.1) is 29.5 Å². The molecule has 0 spiro atoms. The summed E-state index contributed by atoms with van der Waals surface area (Å²) in [6.07, 6.45) is 1.00. The van der Waals surface area contributed by atoms with Gasteiger partial charge in [-0.25, -0.2) is 0 Å². The SMILES string of the molecule is CC[C@H]1CN(C(=O)c2ccccc2OCc2c(C)noc2C)CCO1. The molecular formula is C19H24N2O4. The van der Waals surface area contributed by atoms with Crippen LogP contribution in [0.2, 0.25) is 0 Å². The third-order valence-corrected chi connectivity index (χ3v) is 4.55. The number of benzene rings is 1. The van der Waals surface area contributed by atoms with E-state index in [1.54, 1.807) is 6.07 Å². The Morgan fingerprint density at radius 3 is 2.88 bits per heavy atom. The van der Waals surface area contributed by atoms with E-state index >= 15 is 0 Å². The minimum atomic E-state index is -0.0175. The molecule has 2 heterocycles. The Morgan fingerprint density at radius 1 is 1.36 bits per heavy atom.